The summed E-state index contributed by atoms with van der Waals surface area (Å²) in [6, 6.07) is 7.65. The van der Waals surface area contributed by atoms with Crippen molar-refractivity contribution in [1.82, 2.24) is 19.7 Å². The molecule has 3 rings (SSSR count). The van der Waals surface area contributed by atoms with E-state index in [1.807, 2.05) is 16.7 Å². The lowest BCUT2D eigenvalue weighted by molar-refractivity contribution is 0.371. The third kappa shape index (κ3) is 2.12. The van der Waals surface area contributed by atoms with Crippen molar-refractivity contribution < 1.29 is 4.52 Å². The minimum absolute atomic E-state index is 0.281. The molecule has 2 aromatic heterocycles. The second-order valence-corrected chi connectivity index (χ2v) is 4.45. The molecule has 3 aromatic rings. The molecule has 1 aromatic carbocycles. The van der Waals surface area contributed by atoms with E-state index < -0.39 is 0 Å². The van der Waals surface area contributed by atoms with E-state index in [2.05, 4.69) is 21.2 Å². The lowest BCUT2D eigenvalue weighted by atomic mass is 10.2. The van der Waals surface area contributed by atoms with E-state index >= 15 is 0 Å². The Kier molecular flexibility index (Phi) is 3.35. The van der Waals surface area contributed by atoms with Crippen LogP contribution < -0.4 is 0 Å². The van der Waals surface area contributed by atoms with E-state index in [1.54, 1.807) is 6.07 Å². The highest BCUT2D eigenvalue weighted by molar-refractivity contribution is 6.16. The van der Waals surface area contributed by atoms with Crippen LogP contribution in [0.1, 0.15) is 17.3 Å². The van der Waals surface area contributed by atoms with E-state index in [0.717, 1.165) is 11.3 Å². The van der Waals surface area contributed by atoms with Gasteiger partial charge in [-0.25, -0.2) is 4.98 Å². The van der Waals surface area contributed by atoms with Gasteiger partial charge in [0.05, 0.1) is 17.0 Å². The molecule has 0 aliphatic heterocycles. The normalized spacial score (nSPS) is 10.8. The fourth-order valence-corrected chi connectivity index (χ4v) is 2.35. The average Bonchev–Trinajstić information content (AvgIpc) is 3.11. The van der Waals surface area contributed by atoms with Crippen molar-refractivity contribution in [2.75, 3.05) is 0 Å². The number of rotatable bonds is 4. The fraction of sp³-hybridized carbons (Fsp3) is 0.231. The maximum absolute atomic E-state index is 9.12. The Balaban J connectivity index is 2.02. The summed E-state index contributed by atoms with van der Waals surface area (Å²) in [7, 11) is 0. The highest BCUT2D eigenvalue weighted by atomic mass is 35.5. The van der Waals surface area contributed by atoms with Crippen molar-refractivity contribution >= 4 is 22.6 Å². The van der Waals surface area contributed by atoms with Gasteiger partial charge in [0.1, 0.15) is 17.4 Å². The highest BCUT2D eigenvalue weighted by Gasteiger charge is 2.13. The number of benzene rings is 1. The summed E-state index contributed by atoms with van der Waals surface area (Å²) < 4.78 is 6.96. The quantitative estimate of drug-likeness (QED) is 0.688. The van der Waals surface area contributed by atoms with Crippen LogP contribution >= 0.6 is 11.6 Å². The molecular weight excluding hydrogens is 278 g/mol. The summed E-state index contributed by atoms with van der Waals surface area (Å²) in [5.41, 5.74) is 2.11. The SMILES string of the molecule is N#Cc1cccc2c1nc(CCl)n2CCc1ncno1. The summed E-state index contributed by atoms with van der Waals surface area (Å²) in [5.74, 6) is 1.57. The van der Waals surface area contributed by atoms with Crippen molar-refractivity contribution in [1.29, 1.82) is 5.26 Å². The molecule has 0 aliphatic carbocycles. The van der Waals surface area contributed by atoms with Crippen LogP contribution in [-0.2, 0) is 18.8 Å². The Morgan fingerprint density at radius 3 is 3.00 bits per heavy atom. The van der Waals surface area contributed by atoms with Gasteiger partial charge < -0.3 is 9.09 Å². The van der Waals surface area contributed by atoms with Crippen molar-refractivity contribution in [3.05, 3.63) is 41.8 Å². The highest BCUT2D eigenvalue weighted by Crippen LogP contribution is 2.21. The number of alkyl halides is 1. The predicted octanol–water partition coefficient (Wildman–Crippen LogP) is 2.27. The molecule has 0 amide bonds. The van der Waals surface area contributed by atoms with Crippen LogP contribution in [0, 0.1) is 11.3 Å². The number of aryl methyl sites for hydroxylation is 2. The van der Waals surface area contributed by atoms with Gasteiger partial charge in [0, 0.05) is 13.0 Å². The van der Waals surface area contributed by atoms with Crippen molar-refractivity contribution in [3.8, 4) is 6.07 Å². The first kappa shape index (κ1) is 12.6. The number of para-hydroxylation sites is 1. The molecule has 0 saturated carbocycles. The molecule has 0 bridgehead atoms. The van der Waals surface area contributed by atoms with Gasteiger partial charge in [0.2, 0.25) is 5.89 Å². The Labute approximate surface area is 119 Å². The topological polar surface area (TPSA) is 80.5 Å². The average molecular weight is 288 g/mol. The molecule has 0 saturated heterocycles. The molecule has 0 unspecified atom stereocenters. The smallest absolute Gasteiger partial charge is 0.228 e. The molecule has 0 aliphatic rings. The van der Waals surface area contributed by atoms with Crippen LogP contribution in [-0.4, -0.2) is 19.7 Å². The van der Waals surface area contributed by atoms with Crippen LogP contribution in [0.5, 0.6) is 0 Å². The Bertz CT molecular complexity index is 772. The molecule has 0 fully saturated rings. The number of imidazole rings is 1. The van der Waals surface area contributed by atoms with Crippen molar-refractivity contribution in [2.45, 2.75) is 18.8 Å². The summed E-state index contributed by atoms with van der Waals surface area (Å²) in [6.07, 6.45) is 1.96. The van der Waals surface area contributed by atoms with Crippen molar-refractivity contribution in [2.24, 2.45) is 0 Å². The van der Waals surface area contributed by atoms with Gasteiger partial charge in [-0.3, -0.25) is 0 Å². The van der Waals surface area contributed by atoms with Gasteiger partial charge in [-0.2, -0.15) is 10.2 Å². The minimum atomic E-state index is 0.281. The lowest BCUT2D eigenvalue weighted by Crippen LogP contribution is -2.05. The van der Waals surface area contributed by atoms with Gasteiger partial charge in [-0.05, 0) is 12.1 Å². The minimum Gasteiger partial charge on any atom is -0.340 e. The summed E-state index contributed by atoms with van der Waals surface area (Å²) in [6.45, 7) is 0.621. The number of halogens is 1. The number of aromatic nitrogens is 4. The van der Waals surface area contributed by atoms with Crippen LogP contribution in [0.15, 0.2) is 29.0 Å². The molecule has 0 spiro atoms. The molecule has 7 heteroatoms. The third-order valence-electron chi connectivity index (χ3n) is 3.05. The van der Waals surface area contributed by atoms with Gasteiger partial charge in [-0.15, -0.1) is 11.6 Å². The van der Waals surface area contributed by atoms with Crippen LogP contribution in [0.3, 0.4) is 0 Å². The summed E-state index contributed by atoms with van der Waals surface area (Å²) in [5, 5.41) is 12.7. The van der Waals surface area contributed by atoms with Gasteiger partial charge in [0.15, 0.2) is 6.33 Å². The van der Waals surface area contributed by atoms with Gasteiger partial charge in [-0.1, -0.05) is 11.2 Å². The largest absolute Gasteiger partial charge is 0.340 e. The second-order valence-electron chi connectivity index (χ2n) is 4.18. The van der Waals surface area contributed by atoms with Crippen LogP contribution in [0.25, 0.3) is 11.0 Å². The number of hydrogen-bond donors (Lipinski definition) is 0. The molecule has 100 valence electrons. The van der Waals surface area contributed by atoms with E-state index in [0.29, 0.717) is 29.9 Å². The number of hydrogen-bond acceptors (Lipinski definition) is 5. The van der Waals surface area contributed by atoms with Crippen LogP contribution in [0.2, 0.25) is 0 Å². The molecule has 6 nitrogen and oxygen atoms in total. The zero-order chi connectivity index (χ0) is 13.9. The summed E-state index contributed by atoms with van der Waals surface area (Å²) in [4.78, 5) is 8.43. The number of nitriles is 1. The molecule has 0 N–H and O–H groups in total. The molecule has 0 atom stereocenters. The first-order valence-electron chi connectivity index (χ1n) is 6.03. The maximum Gasteiger partial charge on any atom is 0.228 e. The maximum atomic E-state index is 9.12. The zero-order valence-electron chi connectivity index (χ0n) is 10.5. The van der Waals surface area contributed by atoms with Gasteiger partial charge >= 0.3 is 0 Å². The molecule has 0 radical (unpaired) electrons. The molecule has 2 heterocycles. The van der Waals surface area contributed by atoms with E-state index in [9.17, 15) is 0 Å². The monoisotopic (exact) mass is 287 g/mol. The Morgan fingerprint density at radius 1 is 1.40 bits per heavy atom. The summed E-state index contributed by atoms with van der Waals surface area (Å²) >= 11 is 5.94. The predicted molar refractivity (Wildman–Crippen MR) is 72.0 cm³/mol. The van der Waals surface area contributed by atoms with Crippen molar-refractivity contribution in [3.63, 3.8) is 0 Å². The number of fused-ring (bicyclic) bond motifs is 1. The van der Waals surface area contributed by atoms with Crippen LogP contribution in [0.4, 0.5) is 0 Å². The zero-order valence-corrected chi connectivity index (χ0v) is 11.2. The standard InChI is InChI=1S/C13H10ClN5O/c14-6-11-18-13-9(7-15)2-1-3-10(13)19(11)5-4-12-16-8-17-20-12/h1-3,8H,4-6H2. The van der Waals surface area contributed by atoms with E-state index in [-0.39, 0.29) is 5.88 Å². The Hall–Kier alpha value is -2.39. The molecular formula is C13H10ClN5O. The van der Waals surface area contributed by atoms with E-state index in [4.69, 9.17) is 21.4 Å². The number of nitrogens with zero attached hydrogens (tertiary/aromatic N) is 5. The first-order chi connectivity index (χ1) is 9.83. The second kappa shape index (κ2) is 5.31. The lowest BCUT2D eigenvalue weighted by Gasteiger charge is -2.05. The first-order valence-corrected chi connectivity index (χ1v) is 6.56. The molecule has 20 heavy (non-hydrogen) atoms. The van der Waals surface area contributed by atoms with E-state index in [1.165, 1.54) is 6.33 Å². The third-order valence-corrected chi connectivity index (χ3v) is 3.29. The Morgan fingerprint density at radius 2 is 2.30 bits per heavy atom. The van der Waals surface area contributed by atoms with Gasteiger partial charge in [0.25, 0.3) is 0 Å². The fourth-order valence-electron chi connectivity index (χ4n) is 2.15.